The zero-order chi connectivity index (χ0) is 21.2. The molecule has 1 aliphatic heterocycles. The number of benzene rings is 3. The minimum absolute atomic E-state index is 0.167. The number of rotatable bonds is 4. The number of pyridine rings is 1. The van der Waals surface area contributed by atoms with Gasteiger partial charge in [0.1, 0.15) is 5.03 Å². The molecule has 150 valence electrons. The summed E-state index contributed by atoms with van der Waals surface area (Å²) in [6, 6.07) is 25.8. The van der Waals surface area contributed by atoms with Crippen LogP contribution in [-0.2, 0) is 6.54 Å². The third-order valence-corrected chi connectivity index (χ3v) is 6.37. The van der Waals surface area contributed by atoms with Crippen LogP contribution in [0, 0.1) is 0 Å². The molecular weight excluding hydrogens is 404 g/mol. The van der Waals surface area contributed by atoms with Crippen molar-refractivity contribution in [1.82, 2.24) is 4.98 Å². The van der Waals surface area contributed by atoms with Crippen molar-refractivity contribution in [1.29, 1.82) is 0 Å². The maximum Gasteiger partial charge on any atom is 0.196 e. The van der Waals surface area contributed by atoms with Crippen LogP contribution >= 0.6 is 11.8 Å². The fraction of sp³-hybridized carbons (Fsp3) is 0.0385. The first-order valence-electron chi connectivity index (χ1n) is 9.94. The van der Waals surface area contributed by atoms with E-state index in [0.29, 0.717) is 34.5 Å². The molecule has 5 heteroatoms. The first-order valence-corrected chi connectivity index (χ1v) is 10.8. The van der Waals surface area contributed by atoms with Crippen LogP contribution in [-0.4, -0.2) is 16.6 Å². The van der Waals surface area contributed by atoms with Gasteiger partial charge in [-0.05, 0) is 17.7 Å². The van der Waals surface area contributed by atoms with Gasteiger partial charge < -0.3 is 5.32 Å². The van der Waals surface area contributed by atoms with Crippen molar-refractivity contribution in [3.8, 4) is 0 Å². The van der Waals surface area contributed by atoms with E-state index in [1.165, 1.54) is 0 Å². The molecular formula is C26H18N2O2S. The molecule has 0 bridgehead atoms. The number of fused-ring (bicyclic) bond motifs is 2. The van der Waals surface area contributed by atoms with Crippen LogP contribution in [0.15, 0.2) is 101 Å². The number of ketones is 2. The average molecular weight is 423 g/mol. The third-order valence-electron chi connectivity index (χ3n) is 5.25. The number of anilines is 1. The van der Waals surface area contributed by atoms with E-state index < -0.39 is 0 Å². The van der Waals surface area contributed by atoms with Crippen LogP contribution in [0.5, 0.6) is 0 Å². The topological polar surface area (TPSA) is 59.1 Å². The minimum Gasteiger partial charge on any atom is -0.378 e. The van der Waals surface area contributed by atoms with Crippen molar-refractivity contribution in [2.75, 3.05) is 5.32 Å². The molecule has 1 aromatic heterocycles. The summed E-state index contributed by atoms with van der Waals surface area (Å²) < 4.78 is 0. The van der Waals surface area contributed by atoms with Gasteiger partial charge in [-0.1, -0.05) is 84.6 Å². The average Bonchev–Trinajstić information content (AvgIpc) is 3.03. The van der Waals surface area contributed by atoms with Crippen molar-refractivity contribution in [3.63, 3.8) is 0 Å². The largest absolute Gasteiger partial charge is 0.378 e. The molecule has 0 aliphatic carbocycles. The van der Waals surface area contributed by atoms with Gasteiger partial charge in [0.2, 0.25) is 0 Å². The van der Waals surface area contributed by atoms with E-state index in [1.807, 2.05) is 30.3 Å². The molecule has 0 unspecified atom stereocenters. The SMILES string of the molecule is O=C(c1ccccc1)c1ccccc1C(=O)c1ccnc2c1NCc1ccccc1S2. The molecule has 0 radical (unpaired) electrons. The summed E-state index contributed by atoms with van der Waals surface area (Å²) >= 11 is 1.54. The number of nitrogens with one attached hydrogen (secondary N) is 1. The molecule has 4 aromatic rings. The monoisotopic (exact) mass is 422 g/mol. The maximum atomic E-state index is 13.6. The Hall–Kier alpha value is -3.70. The molecule has 3 aromatic carbocycles. The van der Waals surface area contributed by atoms with Crippen LogP contribution in [0.2, 0.25) is 0 Å². The van der Waals surface area contributed by atoms with Crippen LogP contribution in [0.25, 0.3) is 0 Å². The quantitative estimate of drug-likeness (QED) is 0.433. The van der Waals surface area contributed by atoms with Gasteiger partial charge in [-0.3, -0.25) is 9.59 Å². The van der Waals surface area contributed by atoms with E-state index in [9.17, 15) is 9.59 Å². The Morgan fingerprint density at radius 1 is 0.742 bits per heavy atom. The van der Waals surface area contributed by atoms with E-state index in [-0.39, 0.29) is 11.6 Å². The number of hydrogen-bond acceptors (Lipinski definition) is 5. The highest BCUT2D eigenvalue weighted by atomic mass is 32.2. The van der Waals surface area contributed by atoms with E-state index in [4.69, 9.17) is 0 Å². The van der Waals surface area contributed by atoms with Gasteiger partial charge in [0.25, 0.3) is 0 Å². The van der Waals surface area contributed by atoms with Gasteiger partial charge in [0.15, 0.2) is 11.6 Å². The highest BCUT2D eigenvalue weighted by Gasteiger charge is 2.24. The lowest BCUT2D eigenvalue weighted by Gasteiger charge is -2.13. The zero-order valence-corrected chi connectivity index (χ0v) is 17.4. The lowest BCUT2D eigenvalue weighted by molar-refractivity contribution is 0.100. The summed E-state index contributed by atoms with van der Waals surface area (Å²) in [5.74, 6) is -0.364. The second-order valence-corrected chi connectivity index (χ2v) is 8.20. The highest BCUT2D eigenvalue weighted by molar-refractivity contribution is 7.99. The molecule has 31 heavy (non-hydrogen) atoms. The molecule has 0 amide bonds. The normalized spacial score (nSPS) is 12.1. The first-order chi connectivity index (χ1) is 15.2. The maximum absolute atomic E-state index is 13.6. The minimum atomic E-state index is -0.197. The van der Waals surface area contributed by atoms with Gasteiger partial charge >= 0.3 is 0 Å². The standard InChI is InChI=1S/C26H18N2O2S/c29-24(17-8-2-1-3-9-17)19-11-5-6-12-20(19)25(30)21-14-15-27-26-23(21)28-16-18-10-4-7-13-22(18)31-26/h1-15,28H,16H2. The van der Waals surface area contributed by atoms with Gasteiger partial charge in [0, 0.05) is 34.3 Å². The van der Waals surface area contributed by atoms with Gasteiger partial charge in [-0.2, -0.15) is 0 Å². The highest BCUT2D eigenvalue weighted by Crippen LogP contribution is 2.39. The summed E-state index contributed by atoms with van der Waals surface area (Å²) in [7, 11) is 0. The number of carbonyl (C=O) groups excluding carboxylic acids is 2. The molecule has 0 spiro atoms. The van der Waals surface area contributed by atoms with E-state index in [1.54, 1.807) is 60.4 Å². The summed E-state index contributed by atoms with van der Waals surface area (Å²) in [6.07, 6.45) is 1.65. The molecule has 5 rings (SSSR count). The van der Waals surface area contributed by atoms with Gasteiger partial charge in [0.05, 0.1) is 11.3 Å². The smallest absolute Gasteiger partial charge is 0.196 e. The Balaban J connectivity index is 1.56. The van der Waals surface area contributed by atoms with Crippen LogP contribution in [0.3, 0.4) is 0 Å². The Morgan fingerprint density at radius 2 is 1.42 bits per heavy atom. The fourth-order valence-corrected chi connectivity index (χ4v) is 4.71. The number of hydrogen-bond donors (Lipinski definition) is 1. The Labute approximate surface area is 184 Å². The fourth-order valence-electron chi connectivity index (χ4n) is 3.69. The molecule has 0 saturated carbocycles. The molecule has 0 fully saturated rings. The second kappa shape index (κ2) is 8.20. The summed E-state index contributed by atoms with van der Waals surface area (Å²) in [4.78, 5) is 32.4. The lowest BCUT2D eigenvalue weighted by Crippen LogP contribution is -2.13. The van der Waals surface area contributed by atoms with Crippen molar-refractivity contribution in [3.05, 3.63) is 119 Å². The van der Waals surface area contributed by atoms with Crippen LogP contribution in [0.4, 0.5) is 5.69 Å². The van der Waals surface area contributed by atoms with E-state index >= 15 is 0 Å². The van der Waals surface area contributed by atoms with Crippen molar-refractivity contribution >= 4 is 29.0 Å². The van der Waals surface area contributed by atoms with Crippen LogP contribution < -0.4 is 5.32 Å². The Morgan fingerprint density at radius 3 is 2.23 bits per heavy atom. The van der Waals surface area contributed by atoms with Gasteiger partial charge in [-0.15, -0.1) is 0 Å². The van der Waals surface area contributed by atoms with Crippen molar-refractivity contribution in [2.24, 2.45) is 0 Å². The molecule has 4 nitrogen and oxygen atoms in total. The number of carbonyl (C=O) groups is 2. The zero-order valence-electron chi connectivity index (χ0n) is 16.5. The first kappa shape index (κ1) is 19.3. The molecule has 2 heterocycles. The summed E-state index contributed by atoms with van der Waals surface area (Å²) in [5, 5.41) is 4.14. The molecule has 0 atom stereocenters. The van der Waals surface area contributed by atoms with E-state index in [0.717, 1.165) is 15.5 Å². The lowest BCUT2D eigenvalue weighted by atomic mass is 9.93. The summed E-state index contributed by atoms with van der Waals surface area (Å²) in [5.41, 5.74) is 3.71. The molecule has 1 N–H and O–H groups in total. The predicted molar refractivity (Wildman–Crippen MR) is 122 cm³/mol. The van der Waals surface area contributed by atoms with Crippen molar-refractivity contribution < 1.29 is 9.59 Å². The number of aromatic nitrogens is 1. The Kier molecular flexibility index (Phi) is 5.10. The van der Waals surface area contributed by atoms with Crippen LogP contribution in [0.1, 0.15) is 37.4 Å². The van der Waals surface area contributed by atoms with E-state index in [2.05, 4.69) is 22.4 Å². The predicted octanol–water partition coefficient (Wildman–Crippen LogP) is 5.62. The van der Waals surface area contributed by atoms with Crippen molar-refractivity contribution in [2.45, 2.75) is 16.5 Å². The summed E-state index contributed by atoms with van der Waals surface area (Å²) in [6.45, 7) is 0.604. The molecule has 0 saturated heterocycles. The van der Waals surface area contributed by atoms with Gasteiger partial charge in [-0.25, -0.2) is 4.98 Å². The Bertz CT molecular complexity index is 1300. The molecule has 1 aliphatic rings. The third kappa shape index (κ3) is 3.64. The number of nitrogens with zero attached hydrogens (tertiary/aromatic N) is 1. The second-order valence-electron chi connectivity index (χ2n) is 7.17.